The molecule has 7 heteroatoms. The number of aromatic nitrogens is 4. The van der Waals surface area contributed by atoms with E-state index < -0.39 is 0 Å². The molecule has 0 bridgehead atoms. The van der Waals surface area contributed by atoms with E-state index in [2.05, 4.69) is 20.1 Å². The van der Waals surface area contributed by atoms with Crippen LogP contribution in [0, 0.1) is 6.57 Å². The molecule has 0 amide bonds. The van der Waals surface area contributed by atoms with Gasteiger partial charge in [-0.05, 0) is 34.4 Å². The molecule has 0 atom stereocenters. The highest BCUT2D eigenvalue weighted by Crippen LogP contribution is 2.42. The Labute approximate surface area is 190 Å². The molecule has 0 fully saturated rings. The molecule has 0 spiro atoms. The van der Waals surface area contributed by atoms with Gasteiger partial charge in [-0.1, -0.05) is 49.4 Å². The van der Waals surface area contributed by atoms with Crippen LogP contribution in [0.1, 0.15) is 18.2 Å². The lowest BCUT2D eigenvalue weighted by Crippen LogP contribution is -2.15. The number of aryl methyl sites for hydroxylation is 2. The van der Waals surface area contributed by atoms with Crippen LogP contribution in [-0.4, -0.2) is 20.0 Å². The standard InChI is InChI=1S/C26H22N6O/c1-4-15-11-17(12-20-22(13-27)30-31-26(33)23(15)20)21-14-29-32(3)25(21)19-10-9-16-7-5-6-8-18(16)24(19)28-2/h5-12,14H,4,13,27H2,1,3H3,(H,31,33). The molecular weight excluding hydrogens is 412 g/mol. The fourth-order valence-corrected chi connectivity index (χ4v) is 4.56. The number of hydrogen-bond donors (Lipinski definition) is 2. The summed E-state index contributed by atoms with van der Waals surface area (Å²) in [6, 6.07) is 15.9. The summed E-state index contributed by atoms with van der Waals surface area (Å²) in [6.07, 6.45) is 2.49. The topological polar surface area (TPSA) is 93.9 Å². The molecule has 5 aromatic rings. The number of benzene rings is 3. The van der Waals surface area contributed by atoms with Crippen LogP contribution in [0.3, 0.4) is 0 Å². The van der Waals surface area contributed by atoms with E-state index in [1.807, 2.05) is 68.7 Å². The van der Waals surface area contributed by atoms with Gasteiger partial charge in [-0.15, -0.1) is 0 Å². The van der Waals surface area contributed by atoms with Crippen molar-refractivity contribution in [3.8, 4) is 22.4 Å². The lowest BCUT2D eigenvalue weighted by molar-refractivity contribution is 0.776. The van der Waals surface area contributed by atoms with Crippen LogP contribution in [0.15, 0.2) is 59.5 Å². The first-order chi connectivity index (χ1) is 16.1. The Bertz CT molecular complexity index is 1640. The summed E-state index contributed by atoms with van der Waals surface area (Å²) in [5.74, 6) is 0. The van der Waals surface area contributed by atoms with Crippen LogP contribution in [0.25, 0.3) is 48.8 Å². The van der Waals surface area contributed by atoms with E-state index in [-0.39, 0.29) is 12.1 Å². The Kier molecular flexibility index (Phi) is 5.00. The quantitative estimate of drug-likeness (QED) is 0.400. The van der Waals surface area contributed by atoms with Gasteiger partial charge in [0.05, 0.1) is 29.5 Å². The minimum Gasteiger partial charge on any atom is -0.325 e. The van der Waals surface area contributed by atoms with E-state index in [4.69, 9.17) is 12.3 Å². The van der Waals surface area contributed by atoms with E-state index in [1.165, 1.54) is 0 Å². The fourth-order valence-electron chi connectivity index (χ4n) is 4.56. The van der Waals surface area contributed by atoms with Crippen LogP contribution in [0.2, 0.25) is 0 Å². The first-order valence-corrected chi connectivity index (χ1v) is 10.7. The van der Waals surface area contributed by atoms with Crippen molar-refractivity contribution in [2.24, 2.45) is 12.8 Å². The third kappa shape index (κ3) is 3.20. The number of nitrogens with two attached hydrogens (primary N) is 1. The molecule has 33 heavy (non-hydrogen) atoms. The van der Waals surface area contributed by atoms with Gasteiger partial charge in [0.25, 0.3) is 5.56 Å². The summed E-state index contributed by atoms with van der Waals surface area (Å²) >= 11 is 0. The number of rotatable bonds is 4. The molecule has 0 saturated heterocycles. The second kappa shape index (κ2) is 8.01. The van der Waals surface area contributed by atoms with Crippen molar-refractivity contribution >= 4 is 27.2 Å². The molecular formula is C26H22N6O. The molecule has 0 aliphatic heterocycles. The van der Waals surface area contributed by atoms with Gasteiger partial charge >= 0.3 is 0 Å². The Balaban J connectivity index is 1.83. The van der Waals surface area contributed by atoms with Gasteiger partial charge in [-0.2, -0.15) is 10.2 Å². The molecule has 2 heterocycles. The zero-order valence-electron chi connectivity index (χ0n) is 18.4. The van der Waals surface area contributed by atoms with E-state index in [9.17, 15) is 4.79 Å². The molecule has 7 nitrogen and oxygen atoms in total. The number of H-pyrrole nitrogens is 1. The first-order valence-electron chi connectivity index (χ1n) is 10.7. The molecule has 3 aromatic carbocycles. The Morgan fingerprint density at radius 1 is 1.12 bits per heavy atom. The van der Waals surface area contributed by atoms with Crippen LogP contribution < -0.4 is 11.3 Å². The summed E-state index contributed by atoms with van der Waals surface area (Å²) in [4.78, 5) is 16.5. The van der Waals surface area contributed by atoms with Crippen molar-refractivity contribution in [1.82, 2.24) is 20.0 Å². The minimum absolute atomic E-state index is 0.215. The maximum atomic E-state index is 12.6. The molecule has 5 rings (SSSR count). The maximum absolute atomic E-state index is 12.6. The molecule has 0 aliphatic carbocycles. The van der Waals surface area contributed by atoms with Crippen LogP contribution in [-0.2, 0) is 20.0 Å². The molecule has 2 aromatic heterocycles. The summed E-state index contributed by atoms with van der Waals surface area (Å²) in [5.41, 5.74) is 11.3. The second-order valence-electron chi connectivity index (χ2n) is 7.94. The Morgan fingerprint density at radius 3 is 2.70 bits per heavy atom. The summed E-state index contributed by atoms with van der Waals surface area (Å²) < 4.78 is 1.80. The second-order valence-corrected chi connectivity index (χ2v) is 7.94. The zero-order valence-corrected chi connectivity index (χ0v) is 18.4. The molecule has 0 unspecified atom stereocenters. The monoisotopic (exact) mass is 434 g/mol. The van der Waals surface area contributed by atoms with Crippen molar-refractivity contribution in [1.29, 1.82) is 0 Å². The highest BCUT2D eigenvalue weighted by molar-refractivity contribution is 6.04. The van der Waals surface area contributed by atoms with E-state index in [0.29, 0.717) is 23.2 Å². The van der Waals surface area contributed by atoms with Gasteiger partial charge < -0.3 is 5.73 Å². The van der Waals surface area contributed by atoms with Crippen LogP contribution in [0.5, 0.6) is 0 Å². The number of aromatic amines is 1. The molecule has 0 saturated carbocycles. The SMILES string of the molecule is [C-]#[N+]c1c(-c2c(-c3cc(CC)c4c(=O)[nH]nc(CN)c4c3)cnn2C)ccc2ccccc12. The normalized spacial score (nSPS) is 11.2. The van der Waals surface area contributed by atoms with Crippen molar-refractivity contribution in [3.05, 3.63) is 87.8 Å². The van der Waals surface area contributed by atoms with Gasteiger partial charge in [-0.25, -0.2) is 9.94 Å². The van der Waals surface area contributed by atoms with Gasteiger partial charge in [0, 0.05) is 30.1 Å². The highest BCUT2D eigenvalue weighted by Gasteiger charge is 2.20. The number of fused-ring (bicyclic) bond motifs is 2. The summed E-state index contributed by atoms with van der Waals surface area (Å²) in [7, 11) is 1.88. The Morgan fingerprint density at radius 2 is 1.94 bits per heavy atom. The van der Waals surface area contributed by atoms with Gasteiger partial charge in [0.1, 0.15) is 0 Å². The minimum atomic E-state index is -0.221. The van der Waals surface area contributed by atoms with Gasteiger partial charge in [0.15, 0.2) is 0 Å². The Hall–Kier alpha value is -4.28. The molecule has 0 radical (unpaired) electrons. The number of nitrogens with one attached hydrogen (secondary N) is 1. The molecule has 0 aliphatic rings. The fraction of sp³-hybridized carbons (Fsp3) is 0.154. The molecule has 162 valence electrons. The lowest BCUT2D eigenvalue weighted by Gasteiger charge is -2.13. The number of hydrogen-bond acceptors (Lipinski definition) is 4. The van der Waals surface area contributed by atoms with E-state index >= 15 is 0 Å². The van der Waals surface area contributed by atoms with Gasteiger partial charge in [0.2, 0.25) is 5.69 Å². The van der Waals surface area contributed by atoms with E-state index in [0.717, 1.165) is 44.1 Å². The van der Waals surface area contributed by atoms with Crippen molar-refractivity contribution in [3.63, 3.8) is 0 Å². The average Bonchev–Trinajstić information content (AvgIpc) is 3.23. The highest BCUT2D eigenvalue weighted by atomic mass is 16.1. The maximum Gasteiger partial charge on any atom is 0.272 e. The van der Waals surface area contributed by atoms with Crippen molar-refractivity contribution in [2.75, 3.05) is 0 Å². The van der Waals surface area contributed by atoms with Gasteiger partial charge in [-0.3, -0.25) is 9.48 Å². The third-order valence-electron chi connectivity index (χ3n) is 6.14. The first kappa shape index (κ1) is 20.6. The summed E-state index contributed by atoms with van der Waals surface area (Å²) in [5, 5.41) is 14.5. The largest absolute Gasteiger partial charge is 0.325 e. The number of nitrogens with zero attached hydrogens (tertiary/aromatic N) is 4. The summed E-state index contributed by atoms with van der Waals surface area (Å²) in [6.45, 7) is 10.1. The van der Waals surface area contributed by atoms with Crippen LogP contribution in [0.4, 0.5) is 5.69 Å². The van der Waals surface area contributed by atoms with E-state index in [1.54, 1.807) is 4.68 Å². The average molecular weight is 435 g/mol. The third-order valence-corrected chi connectivity index (χ3v) is 6.14. The van der Waals surface area contributed by atoms with Crippen LogP contribution >= 0.6 is 0 Å². The van der Waals surface area contributed by atoms with Crippen molar-refractivity contribution in [2.45, 2.75) is 19.9 Å². The smallest absolute Gasteiger partial charge is 0.272 e. The predicted molar refractivity (Wildman–Crippen MR) is 131 cm³/mol. The predicted octanol–water partition coefficient (Wildman–Crippen LogP) is 4.72. The lowest BCUT2D eigenvalue weighted by atomic mass is 9.93. The van der Waals surface area contributed by atoms with Crippen molar-refractivity contribution < 1.29 is 0 Å². The molecule has 3 N–H and O–H groups in total. The zero-order chi connectivity index (χ0) is 23.1.